The first-order chi connectivity index (χ1) is 10.2. The van der Waals surface area contributed by atoms with E-state index in [0.29, 0.717) is 6.61 Å². The molecule has 0 bridgehead atoms. The standard InChI is InChI=1S/C17H26O4Si/c1-17(2,3)22(4,5)20-12-15-14(18)11-19-16(21-15)13-9-7-6-8-10-13/h6-10,15-16H,11-12H2,1-5H3/t15-,16+/m1/s1. The summed E-state index contributed by atoms with van der Waals surface area (Å²) in [5.74, 6) is -0.0501. The summed E-state index contributed by atoms with van der Waals surface area (Å²) in [6.07, 6.45) is -1.04. The molecule has 2 atom stereocenters. The van der Waals surface area contributed by atoms with Gasteiger partial charge in [-0.15, -0.1) is 0 Å². The van der Waals surface area contributed by atoms with Gasteiger partial charge in [-0.25, -0.2) is 0 Å². The molecule has 0 aliphatic carbocycles. The van der Waals surface area contributed by atoms with Crippen molar-refractivity contribution in [2.45, 2.75) is 51.3 Å². The highest BCUT2D eigenvalue weighted by molar-refractivity contribution is 6.74. The second kappa shape index (κ2) is 6.62. The van der Waals surface area contributed by atoms with Gasteiger partial charge in [0.2, 0.25) is 0 Å². The first-order valence-electron chi connectivity index (χ1n) is 7.69. The van der Waals surface area contributed by atoms with Gasteiger partial charge < -0.3 is 13.9 Å². The number of benzene rings is 1. The lowest BCUT2D eigenvalue weighted by Crippen LogP contribution is -2.46. The molecular weight excluding hydrogens is 296 g/mol. The number of ether oxygens (including phenoxy) is 2. The van der Waals surface area contributed by atoms with Crippen molar-refractivity contribution in [2.24, 2.45) is 0 Å². The van der Waals surface area contributed by atoms with Crippen molar-refractivity contribution < 1.29 is 18.7 Å². The molecule has 0 radical (unpaired) electrons. The van der Waals surface area contributed by atoms with Crippen molar-refractivity contribution in [3.8, 4) is 0 Å². The van der Waals surface area contributed by atoms with Gasteiger partial charge in [0.15, 0.2) is 20.4 Å². The Hall–Kier alpha value is -1.01. The minimum atomic E-state index is -1.89. The van der Waals surface area contributed by atoms with Crippen LogP contribution in [0.5, 0.6) is 0 Å². The Kier molecular flexibility index (Phi) is 5.22. The van der Waals surface area contributed by atoms with Crippen LogP contribution in [-0.2, 0) is 18.7 Å². The zero-order valence-electron chi connectivity index (χ0n) is 14.1. The number of rotatable bonds is 4. The zero-order chi connectivity index (χ0) is 16.4. The Bertz CT molecular complexity index is 507. The van der Waals surface area contributed by atoms with Crippen molar-refractivity contribution in [3.05, 3.63) is 35.9 Å². The number of carbonyl (C=O) groups is 1. The largest absolute Gasteiger partial charge is 0.414 e. The summed E-state index contributed by atoms with van der Waals surface area (Å²) in [6, 6.07) is 9.67. The molecule has 1 saturated heterocycles. The van der Waals surface area contributed by atoms with Gasteiger partial charge in [-0.3, -0.25) is 4.79 Å². The maximum atomic E-state index is 12.0. The molecule has 0 amide bonds. The lowest BCUT2D eigenvalue weighted by Gasteiger charge is -2.38. The summed E-state index contributed by atoms with van der Waals surface area (Å²) in [6.45, 7) is 11.3. The summed E-state index contributed by atoms with van der Waals surface area (Å²) in [5.41, 5.74) is 0.923. The number of hydrogen-bond donors (Lipinski definition) is 0. The second-order valence-electron chi connectivity index (χ2n) is 7.22. The van der Waals surface area contributed by atoms with Crippen molar-refractivity contribution in [2.75, 3.05) is 13.2 Å². The van der Waals surface area contributed by atoms with Gasteiger partial charge in [-0.05, 0) is 18.1 Å². The van der Waals surface area contributed by atoms with Gasteiger partial charge in [0.05, 0.1) is 6.61 Å². The number of Topliss-reactive ketones (excluding diaryl/α,β-unsaturated/α-hetero) is 1. The van der Waals surface area contributed by atoms with Crippen LogP contribution in [0.15, 0.2) is 30.3 Å². The van der Waals surface area contributed by atoms with Crippen LogP contribution in [0.25, 0.3) is 0 Å². The SMILES string of the molecule is CC(C)(C)[Si](C)(C)OC[C@H]1O[C@@H](c2ccccc2)OCC1=O. The topological polar surface area (TPSA) is 44.8 Å². The smallest absolute Gasteiger partial charge is 0.192 e. The van der Waals surface area contributed by atoms with E-state index in [4.69, 9.17) is 13.9 Å². The monoisotopic (exact) mass is 322 g/mol. The van der Waals surface area contributed by atoms with Crippen LogP contribution in [0, 0.1) is 0 Å². The van der Waals surface area contributed by atoms with E-state index in [1.165, 1.54) is 0 Å². The van der Waals surface area contributed by atoms with Gasteiger partial charge >= 0.3 is 0 Å². The molecule has 0 spiro atoms. The van der Waals surface area contributed by atoms with Gasteiger partial charge in [0, 0.05) is 5.56 Å². The third-order valence-electron chi connectivity index (χ3n) is 4.50. The van der Waals surface area contributed by atoms with Crippen molar-refractivity contribution in [1.29, 1.82) is 0 Å². The molecule has 4 nitrogen and oxygen atoms in total. The molecule has 1 heterocycles. The summed E-state index contributed by atoms with van der Waals surface area (Å²) >= 11 is 0. The summed E-state index contributed by atoms with van der Waals surface area (Å²) in [5, 5.41) is 0.111. The van der Waals surface area contributed by atoms with Crippen molar-refractivity contribution in [1.82, 2.24) is 0 Å². The predicted molar refractivity (Wildman–Crippen MR) is 88.2 cm³/mol. The molecule has 1 aliphatic rings. The number of ketones is 1. The fourth-order valence-electron chi connectivity index (χ4n) is 1.93. The highest BCUT2D eigenvalue weighted by Crippen LogP contribution is 2.37. The molecule has 122 valence electrons. The molecular formula is C17H26O4Si. The summed E-state index contributed by atoms with van der Waals surface area (Å²) in [7, 11) is -1.89. The Morgan fingerprint density at radius 3 is 2.45 bits per heavy atom. The van der Waals surface area contributed by atoms with Gasteiger partial charge in [-0.2, -0.15) is 0 Å². The second-order valence-corrected chi connectivity index (χ2v) is 12.0. The molecule has 1 aromatic rings. The third-order valence-corrected chi connectivity index (χ3v) is 9.00. The molecule has 1 aromatic carbocycles. The van der Waals surface area contributed by atoms with E-state index in [1.807, 2.05) is 30.3 Å². The zero-order valence-corrected chi connectivity index (χ0v) is 15.1. The maximum Gasteiger partial charge on any atom is 0.192 e. The van der Waals surface area contributed by atoms with E-state index in [1.54, 1.807) is 0 Å². The number of carbonyl (C=O) groups excluding carboxylic acids is 1. The van der Waals surface area contributed by atoms with E-state index in [-0.39, 0.29) is 17.4 Å². The van der Waals surface area contributed by atoms with Crippen molar-refractivity contribution >= 4 is 14.1 Å². The molecule has 0 aromatic heterocycles. The highest BCUT2D eigenvalue weighted by Gasteiger charge is 2.39. The molecule has 0 N–H and O–H groups in total. The van der Waals surface area contributed by atoms with Crippen LogP contribution in [0.3, 0.4) is 0 Å². The van der Waals surface area contributed by atoms with E-state index in [0.717, 1.165) is 5.56 Å². The van der Waals surface area contributed by atoms with Crippen LogP contribution in [0.4, 0.5) is 0 Å². The predicted octanol–water partition coefficient (Wildman–Crippen LogP) is 3.69. The molecule has 0 saturated carbocycles. The van der Waals surface area contributed by atoms with E-state index >= 15 is 0 Å². The molecule has 5 heteroatoms. The first kappa shape index (κ1) is 17.3. The van der Waals surface area contributed by atoms with Crippen LogP contribution in [0.1, 0.15) is 32.6 Å². The average Bonchev–Trinajstić information content (AvgIpc) is 2.46. The maximum absolute atomic E-state index is 12.0. The number of hydrogen-bond acceptors (Lipinski definition) is 4. The summed E-state index contributed by atoms with van der Waals surface area (Å²) in [4.78, 5) is 12.0. The van der Waals surface area contributed by atoms with Crippen LogP contribution >= 0.6 is 0 Å². The lowest BCUT2D eigenvalue weighted by atomic mass is 10.2. The molecule has 1 aliphatic heterocycles. The van der Waals surface area contributed by atoms with E-state index in [2.05, 4.69) is 33.9 Å². The Morgan fingerprint density at radius 1 is 1.23 bits per heavy atom. The van der Waals surface area contributed by atoms with Crippen LogP contribution in [0.2, 0.25) is 18.1 Å². The Labute approximate surface area is 133 Å². The molecule has 1 fully saturated rings. The van der Waals surface area contributed by atoms with Gasteiger partial charge in [0.25, 0.3) is 0 Å². The average molecular weight is 322 g/mol. The van der Waals surface area contributed by atoms with Gasteiger partial charge in [-0.1, -0.05) is 51.1 Å². The third kappa shape index (κ3) is 4.04. The van der Waals surface area contributed by atoms with E-state index < -0.39 is 20.7 Å². The first-order valence-corrected chi connectivity index (χ1v) is 10.6. The van der Waals surface area contributed by atoms with Crippen LogP contribution < -0.4 is 0 Å². The van der Waals surface area contributed by atoms with E-state index in [9.17, 15) is 4.79 Å². The Balaban J connectivity index is 2.00. The quantitative estimate of drug-likeness (QED) is 0.793. The molecule has 0 unspecified atom stereocenters. The molecule has 22 heavy (non-hydrogen) atoms. The van der Waals surface area contributed by atoms with Gasteiger partial charge in [0.1, 0.15) is 12.7 Å². The van der Waals surface area contributed by atoms with Crippen molar-refractivity contribution in [3.63, 3.8) is 0 Å². The normalized spacial score (nSPS) is 23.6. The fraction of sp³-hybridized carbons (Fsp3) is 0.588. The lowest BCUT2D eigenvalue weighted by molar-refractivity contribution is -0.216. The minimum absolute atomic E-state index is 0.0501. The van der Waals surface area contributed by atoms with Crippen LogP contribution in [-0.4, -0.2) is 33.4 Å². The summed E-state index contributed by atoms with van der Waals surface area (Å²) < 4.78 is 17.4. The fourth-order valence-corrected chi connectivity index (χ4v) is 2.93. The Morgan fingerprint density at radius 2 is 1.86 bits per heavy atom. The minimum Gasteiger partial charge on any atom is -0.414 e. The molecule has 2 rings (SSSR count). The highest BCUT2D eigenvalue weighted by atomic mass is 28.4.